The average Bonchev–Trinajstić information content (AvgIpc) is 3.29. The SMILES string of the molecule is CC/C=C\C/C=C\C/C=C\C/C=C\C=C\C(O)CCCC(=O)OC[C@H](COP(=O)(O)OC[C@@H](O)COP(=O)(O)O)OC(=O)CCCCCCCCCCCCCCCCCCCCC(C)CC. The molecule has 67 heavy (non-hydrogen) atoms. The Hall–Kier alpha value is -2.22. The molecular weight excluding hydrogens is 898 g/mol. The molecule has 0 saturated carbocycles. The first-order valence-electron chi connectivity index (χ1n) is 25.5. The molecule has 390 valence electrons. The minimum Gasteiger partial charge on any atom is -0.462 e. The summed E-state index contributed by atoms with van der Waals surface area (Å²) in [6.07, 6.45) is 45.2. The van der Waals surface area contributed by atoms with E-state index in [1.807, 2.05) is 12.2 Å². The summed E-state index contributed by atoms with van der Waals surface area (Å²) >= 11 is 0. The number of hydrogen-bond donors (Lipinski definition) is 5. The minimum absolute atomic E-state index is 0.0361. The molecule has 5 atom stereocenters. The number of carbonyl (C=O) groups is 2. The van der Waals surface area contributed by atoms with Gasteiger partial charge < -0.3 is 34.4 Å². The third kappa shape index (κ3) is 48.6. The second-order valence-corrected chi connectivity index (χ2v) is 20.2. The second-order valence-electron chi connectivity index (χ2n) is 17.5. The number of esters is 2. The Morgan fingerprint density at radius 3 is 1.51 bits per heavy atom. The maximum absolute atomic E-state index is 12.7. The maximum atomic E-state index is 12.7. The highest BCUT2D eigenvalue weighted by molar-refractivity contribution is 7.47. The summed E-state index contributed by atoms with van der Waals surface area (Å²) in [4.78, 5) is 52.9. The van der Waals surface area contributed by atoms with E-state index in [1.165, 1.54) is 96.3 Å². The number of aliphatic hydroxyl groups excluding tert-OH is 2. The van der Waals surface area contributed by atoms with Gasteiger partial charge in [-0.25, -0.2) is 9.13 Å². The molecule has 0 saturated heterocycles. The normalized spacial score (nSPS) is 15.3. The van der Waals surface area contributed by atoms with Crippen LogP contribution in [0.15, 0.2) is 60.8 Å². The van der Waals surface area contributed by atoms with Crippen molar-refractivity contribution in [2.24, 2.45) is 5.92 Å². The van der Waals surface area contributed by atoms with Gasteiger partial charge in [-0.05, 0) is 50.9 Å². The van der Waals surface area contributed by atoms with Gasteiger partial charge in [0.1, 0.15) is 12.7 Å². The molecule has 0 radical (unpaired) electrons. The van der Waals surface area contributed by atoms with E-state index in [4.69, 9.17) is 23.8 Å². The highest BCUT2D eigenvalue weighted by atomic mass is 31.2. The summed E-state index contributed by atoms with van der Waals surface area (Å²) in [5.41, 5.74) is 0. The molecule has 0 fully saturated rings. The molecule has 0 bridgehead atoms. The lowest BCUT2D eigenvalue weighted by Crippen LogP contribution is -2.30. The molecule has 0 spiro atoms. The molecule has 14 nitrogen and oxygen atoms in total. The van der Waals surface area contributed by atoms with Crippen LogP contribution in [-0.4, -0.2) is 81.6 Å². The van der Waals surface area contributed by atoms with E-state index in [2.05, 4.69) is 66.3 Å². The standard InChI is InChI=1S/C51H92O14P2/c1-4-6-7-8-9-10-11-18-22-25-28-31-34-38-47(52)39-36-41-50(54)61-44-49(45-64-67(59,60)63-43-48(53)42-62-66(56,57)58)65-51(55)40-35-32-29-26-23-20-17-15-13-12-14-16-19-21-24-27-30-33-37-46(3)5-2/h6-7,9-10,18,22,28,31,34,38,46-49,52-53H,4-5,8,11-17,19-21,23-27,29-30,32-33,35-37,39-45H2,1-3H3,(H,59,60)(H2,56,57,58)/b7-6-,10-9-,22-18-,31-28-,38-34+/t46?,47?,48-,49+/m0/s1. The van der Waals surface area contributed by atoms with E-state index < -0.39 is 72.3 Å². The van der Waals surface area contributed by atoms with Crippen LogP contribution < -0.4 is 0 Å². The molecular formula is C51H92O14P2. The Kier molecular flexibility index (Phi) is 43.5. The van der Waals surface area contributed by atoms with Crippen LogP contribution in [0.1, 0.15) is 201 Å². The van der Waals surface area contributed by atoms with Crippen molar-refractivity contribution >= 4 is 27.6 Å². The van der Waals surface area contributed by atoms with Crippen molar-refractivity contribution in [3.8, 4) is 0 Å². The van der Waals surface area contributed by atoms with Gasteiger partial charge in [0.05, 0.1) is 25.9 Å². The minimum atomic E-state index is -4.89. The van der Waals surface area contributed by atoms with E-state index in [1.54, 1.807) is 12.2 Å². The zero-order valence-corrected chi connectivity index (χ0v) is 43.3. The summed E-state index contributed by atoms with van der Waals surface area (Å²) < 4.78 is 47.8. The van der Waals surface area contributed by atoms with E-state index >= 15 is 0 Å². The number of phosphoric ester groups is 2. The smallest absolute Gasteiger partial charge is 0.462 e. The van der Waals surface area contributed by atoms with Crippen LogP contribution in [0.4, 0.5) is 0 Å². The molecule has 0 aromatic heterocycles. The molecule has 16 heteroatoms. The van der Waals surface area contributed by atoms with Crippen molar-refractivity contribution in [3.63, 3.8) is 0 Å². The van der Waals surface area contributed by atoms with Gasteiger partial charge in [-0.3, -0.25) is 23.2 Å². The Morgan fingerprint density at radius 2 is 0.985 bits per heavy atom. The molecule has 0 aliphatic heterocycles. The van der Waals surface area contributed by atoms with E-state index in [0.717, 1.165) is 57.3 Å². The first kappa shape index (κ1) is 64.8. The van der Waals surface area contributed by atoms with Crippen LogP contribution in [0.2, 0.25) is 0 Å². The van der Waals surface area contributed by atoms with E-state index in [0.29, 0.717) is 19.3 Å². The van der Waals surface area contributed by atoms with Gasteiger partial charge in [-0.1, -0.05) is 204 Å². The van der Waals surface area contributed by atoms with Crippen LogP contribution >= 0.6 is 15.6 Å². The Morgan fingerprint density at radius 1 is 0.522 bits per heavy atom. The number of ether oxygens (including phenoxy) is 2. The van der Waals surface area contributed by atoms with Crippen LogP contribution in [0.3, 0.4) is 0 Å². The predicted molar refractivity (Wildman–Crippen MR) is 268 cm³/mol. The number of phosphoric acid groups is 2. The van der Waals surface area contributed by atoms with Gasteiger partial charge in [-0.2, -0.15) is 0 Å². The summed E-state index contributed by atoms with van der Waals surface area (Å²) in [7, 11) is -9.75. The van der Waals surface area contributed by atoms with Crippen molar-refractivity contribution in [1.82, 2.24) is 0 Å². The van der Waals surface area contributed by atoms with Crippen molar-refractivity contribution in [3.05, 3.63) is 60.8 Å². The molecule has 0 aliphatic rings. The van der Waals surface area contributed by atoms with E-state index in [-0.39, 0.29) is 12.8 Å². The van der Waals surface area contributed by atoms with Crippen LogP contribution in [-0.2, 0) is 41.8 Å². The summed E-state index contributed by atoms with van der Waals surface area (Å²) in [5.74, 6) is -0.355. The number of aliphatic hydroxyl groups is 2. The number of allylic oxidation sites excluding steroid dienone is 9. The average molecular weight is 991 g/mol. The molecule has 5 N–H and O–H groups in total. The van der Waals surface area contributed by atoms with Crippen molar-refractivity contribution in [2.75, 3.05) is 26.4 Å². The van der Waals surface area contributed by atoms with Crippen LogP contribution in [0.5, 0.6) is 0 Å². The summed E-state index contributed by atoms with van der Waals surface area (Å²) in [5, 5.41) is 20.1. The van der Waals surface area contributed by atoms with Gasteiger partial charge in [0.2, 0.25) is 0 Å². The zero-order valence-electron chi connectivity index (χ0n) is 41.5. The zero-order chi connectivity index (χ0) is 49.7. The first-order valence-corrected chi connectivity index (χ1v) is 28.5. The van der Waals surface area contributed by atoms with Crippen molar-refractivity contribution < 1.29 is 66.7 Å². The van der Waals surface area contributed by atoms with E-state index in [9.17, 15) is 33.8 Å². The highest BCUT2D eigenvalue weighted by Crippen LogP contribution is 2.44. The van der Waals surface area contributed by atoms with Gasteiger partial charge in [0, 0.05) is 12.8 Å². The van der Waals surface area contributed by atoms with Gasteiger partial charge >= 0.3 is 27.6 Å². The number of rotatable bonds is 47. The molecule has 0 rings (SSSR count). The maximum Gasteiger partial charge on any atom is 0.472 e. The first-order chi connectivity index (χ1) is 32.2. The molecule has 3 unspecified atom stereocenters. The molecule has 0 amide bonds. The third-order valence-corrected chi connectivity index (χ3v) is 12.5. The predicted octanol–water partition coefficient (Wildman–Crippen LogP) is 12.8. The van der Waals surface area contributed by atoms with Crippen molar-refractivity contribution in [2.45, 2.75) is 219 Å². The monoisotopic (exact) mass is 991 g/mol. The molecule has 0 heterocycles. The number of unbranched alkanes of at least 4 members (excludes halogenated alkanes) is 17. The van der Waals surface area contributed by atoms with Crippen molar-refractivity contribution in [1.29, 1.82) is 0 Å². The van der Waals surface area contributed by atoms with Gasteiger partial charge in [0.25, 0.3) is 0 Å². The number of carbonyl (C=O) groups excluding carboxylic acids is 2. The lowest BCUT2D eigenvalue weighted by atomic mass is 9.99. The largest absolute Gasteiger partial charge is 0.472 e. The quantitative estimate of drug-likeness (QED) is 0.0126. The van der Waals surface area contributed by atoms with Gasteiger partial charge in [-0.15, -0.1) is 0 Å². The Balaban J connectivity index is 4.54. The summed E-state index contributed by atoms with van der Waals surface area (Å²) in [6.45, 7) is 3.84. The lowest BCUT2D eigenvalue weighted by molar-refractivity contribution is -0.161. The lowest BCUT2D eigenvalue weighted by Gasteiger charge is -2.20. The van der Waals surface area contributed by atoms with Gasteiger partial charge in [0.15, 0.2) is 6.10 Å². The summed E-state index contributed by atoms with van der Waals surface area (Å²) in [6, 6.07) is 0. The highest BCUT2D eigenvalue weighted by Gasteiger charge is 2.28. The van der Waals surface area contributed by atoms with Crippen LogP contribution in [0.25, 0.3) is 0 Å². The fourth-order valence-electron chi connectivity index (χ4n) is 6.82. The Bertz CT molecular complexity index is 1440. The number of hydrogen-bond acceptors (Lipinski definition) is 11. The topological polar surface area (TPSA) is 216 Å². The second kappa shape index (κ2) is 45.0. The molecule has 0 aromatic rings. The van der Waals surface area contributed by atoms with Crippen LogP contribution in [0, 0.1) is 5.92 Å². The fourth-order valence-corrected chi connectivity index (χ4v) is 7.98. The molecule has 0 aromatic carbocycles. The molecule has 0 aliphatic carbocycles. The Labute approximate surface area is 404 Å². The fraction of sp³-hybridized carbons (Fsp3) is 0.765. The third-order valence-electron chi connectivity index (χ3n) is 11.1.